The molecule has 0 saturated carbocycles. The van der Waals surface area contributed by atoms with Gasteiger partial charge in [-0.25, -0.2) is 0 Å². The Morgan fingerprint density at radius 2 is 2.12 bits per heavy atom. The molecule has 0 aliphatic carbocycles. The maximum atomic E-state index is 11.8. The number of methoxy groups -OCH3 is 2. The molecule has 0 radical (unpaired) electrons. The SMILES string of the molecule is CNCC(=O)c1cc(OC)ccc1COC. The number of ketones is 1. The summed E-state index contributed by atoms with van der Waals surface area (Å²) in [6.07, 6.45) is 0. The molecule has 1 aromatic rings. The molecule has 0 aromatic heterocycles. The summed E-state index contributed by atoms with van der Waals surface area (Å²) >= 11 is 0. The second-order valence-corrected chi connectivity index (χ2v) is 3.41. The quantitative estimate of drug-likeness (QED) is 0.737. The topological polar surface area (TPSA) is 47.6 Å². The van der Waals surface area contributed by atoms with Crippen LogP contribution in [0.25, 0.3) is 0 Å². The van der Waals surface area contributed by atoms with E-state index in [0.29, 0.717) is 24.5 Å². The molecule has 0 fully saturated rings. The normalized spacial score (nSPS) is 10.2. The summed E-state index contributed by atoms with van der Waals surface area (Å²) in [6.45, 7) is 0.735. The number of Topliss-reactive ketones (excluding diaryl/α,β-unsaturated/α-hetero) is 1. The minimum absolute atomic E-state index is 0.0356. The van der Waals surface area contributed by atoms with Crippen molar-refractivity contribution in [3.63, 3.8) is 0 Å². The lowest BCUT2D eigenvalue weighted by Gasteiger charge is -2.09. The summed E-state index contributed by atoms with van der Waals surface area (Å²) in [4.78, 5) is 11.8. The van der Waals surface area contributed by atoms with E-state index in [9.17, 15) is 4.79 Å². The lowest BCUT2D eigenvalue weighted by molar-refractivity contribution is 0.0988. The summed E-state index contributed by atoms with van der Waals surface area (Å²) in [6, 6.07) is 5.42. The molecule has 1 aromatic carbocycles. The summed E-state index contributed by atoms with van der Waals surface area (Å²) in [5.74, 6) is 0.716. The highest BCUT2D eigenvalue weighted by Crippen LogP contribution is 2.18. The first kappa shape index (κ1) is 12.7. The molecular weight excluding hydrogens is 206 g/mol. The van der Waals surface area contributed by atoms with E-state index in [1.165, 1.54) is 0 Å². The molecule has 0 unspecified atom stereocenters. The van der Waals surface area contributed by atoms with Crippen LogP contribution in [0.15, 0.2) is 18.2 Å². The highest BCUT2D eigenvalue weighted by molar-refractivity contribution is 5.99. The van der Waals surface area contributed by atoms with Gasteiger partial charge in [-0.3, -0.25) is 4.79 Å². The maximum absolute atomic E-state index is 11.8. The van der Waals surface area contributed by atoms with Crippen LogP contribution in [-0.2, 0) is 11.3 Å². The van der Waals surface area contributed by atoms with Gasteiger partial charge in [0.25, 0.3) is 0 Å². The molecule has 0 atom stereocenters. The van der Waals surface area contributed by atoms with Crippen LogP contribution in [0.5, 0.6) is 5.75 Å². The number of ether oxygens (including phenoxy) is 2. The Bertz CT molecular complexity index is 363. The molecule has 0 aliphatic rings. The number of carbonyl (C=O) groups is 1. The first-order valence-corrected chi connectivity index (χ1v) is 5.06. The van der Waals surface area contributed by atoms with Gasteiger partial charge in [0.1, 0.15) is 5.75 Å². The van der Waals surface area contributed by atoms with Gasteiger partial charge in [0.05, 0.1) is 20.3 Å². The third-order valence-corrected chi connectivity index (χ3v) is 2.25. The lowest BCUT2D eigenvalue weighted by Crippen LogP contribution is -2.20. The molecule has 0 saturated heterocycles. The van der Waals surface area contributed by atoms with Gasteiger partial charge < -0.3 is 14.8 Å². The fourth-order valence-electron chi connectivity index (χ4n) is 1.48. The number of hydrogen-bond donors (Lipinski definition) is 1. The molecule has 0 heterocycles. The third-order valence-electron chi connectivity index (χ3n) is 2.25. The van der Waals surface area contributed by atoms with Gasteiger partial charge in [-0.15, -0.1) is 0 Å². The first-order valence-electron chi connectivity index (χ1n) is 5.06. The Balaban J connectivity index is 3.04. The van der Waals surface area contributed by atoms with Crippen LogP contribution in [0.4, 0.5) is 0 Å². The number of carbonyl (C=O) groups excluding carboxylic acids is 1. The molecule has 4 heteroatoms. The zero-order chi connectivity index (χ0) is 12.0. The van der Waals surface area contributed by atoms with Crippen molar-refractivity contribution in [2.75, 3.05) is 27.8 Å². The van der Waals surface area contributed by atoms with E-state index >= 15 is 0 Å². The second kappa shape index (κ2) is 6.25. The first-order chi connectivity index (χ1) is 7.72. The molecular formula is C12H17NO3. The highest BCUT2D eigenvalue weighted by Gasteiger charge is 2.11. The lowest BCUT2D eigenvalue weighted by atomic mass is 10.0. The standard InChI is InChI=1S/C12H17NO3/c1-13-7-12(14)11-6-10(16-3)5-4-9(11)8-15-2/h4-6,13H,7-8H2,1-3H3. The molecule has 0 spiro atoms. The molecule has 1 rings (SSSR count). The predicted molar refractivity (Wildman–Crippen MR) is 62.0 cm³/mol. The summed E-state index contributed by atoms with van der Waals surface area (Å²) in [5, 5.41) is 2.84. The fourth-order valence-corrected chi connectivity index (χ4v) is 1.48. The molecule has 0 aliphatic heterocycles. The van der Waals surface area contributed by atoms with Crippen molar-refractivity contribution in [1.29, 1.82) is 0 Å². The number of rotatable bonds is 6. The summed E-state index contributed by atoms with van der Waals surface area (Å²) in [5.41, 5.74) is 1.53. The van der Waals surface area contributed by atoms with Crippen LogP contribution < -0.4 is 10.1 Å². The van der Waals surface area contributed by atoms with Crippen LogP contribution >= 0.6 is 0 Å². The molecule has 0 amide bonds. The van der Waals surface area contributed by atoms with E-state index in [-0.39, 0.29) is 5.78 Å². The van der Waals surface area contributed by atoms with Crippen molar-refractivity contribution < 1.29 is 14.3 Å². The number of likely N-dealkylation sites (N-methyl/N-ethyl adjacent to an activating group) is 1. The average Bonchev–Trinajstić information content (AvgIpc) is 2.30. The van der Waals surface area contributed by atoms with Gasteiger partial charge in [0.2, 0.25) is 0 Å². The number of hydrogen-bond acceptors (Lipinski definition) is 4. The van der Waals surface area contributed by atoms with Gasteiger partial charge in [0.15, 0.2) is 5.78 Å². The van der Waals surface area contributed by atoms with Crippen molar-refractivity contribution in [2.24, 2.45) is 0 Å². The smallest absolute Gasteiger partial charge is 0.177 e. The second-order valence-electron chi connectivity index (χ2n) is 3.41. The van der Waals surface area contributed by atoms with E-state index in [2.05, 4.69) is 5.32 Å². The average molecular weight is 223 g/mol. The van der Waals surface area contributed by atoms with E-state index < -0.39 is 0 Å². The summed E-state index contributed by atoms with van der Waals surface area (Å²) in [7, 11) is 4.93. The zero-order valence-corrected chi connectivity index (χ0v) is 9.87. The largest absolute Gasteiger partial charge is 0.497 e. The van der Waals surface area contributed by atoms with Crippen molar-refractivity contribution >= 4 is 5.78 Å². The van der Waals surface area contributed by atoms with Gasteiger partial charge in [0, 0.05) is 12.7 Å². The molecule has 16 heavy (non-hydrogen) atoms. The Morgan fingerprint density at radius 3 is 2.69 bits per heavy atom. The summed E-state index contributed by atoms with van der Waals surface area (Å²) < 4.78 is 10.2. The number of nitrogens with one attached hydrogen (secondary N) is 1. The van der Waals surface area contributed by atoms with Gasteiger partial charge in [-0.05, 0) is 24.7 Å². The van der Waals surface area contributed by atoms with Crippen LogP contribution in [-0.4, -0.2) is 33.6 Å². The van der Waals surface area contributed by atoms with Crippen LogP contribution in [0.2, 0.25) is 0 Å². The van der Waals surface area contributed by atoms with Gasteiger partial charge in [-0.1, -0.05) is 6.07 Å². The Morgan fingerprint density at radius 1 is 1.38 bits per heavy atom. The Hall–Kier alpha value is -1.39. The minimum Gasteiger partial charge on any atom is -0.497 e. The fraction of sp³-hybridized carbons (Fsp3) is 0.417. The van der Waals surface area contributed by atoms with E-state index in [0.717, 1.165) is 5.56 Å². The maximum Gasteiger partial charge on any atom is 0.177 e. The predicted octanol–water partition coefficient (Wildman–Crippen LogP) is 1.24. The van der Waals surface area contributed by atoms with Crippen molar-refractivity contribution in [3.8, 4) is 5.75 Å². The van der Waals surface area contributed by atoms with Crippen LogP contribution in [0.3, 0.4) is 0 Å². The molecule has 4 nitrogen and oxygen atoms in total. The molecule has 0 bridgehead atoms. The molecule has 1 N–H and O–H groups in total. The Kier molecular flexibility index (Phi) is 4.95. The van der Waals surface area contributed by atoms with E-state index in [1.54, 1.807) is 27.3 Å². The van der Waals surface area contributed by atoms with E-state index in [4.69, 9.17) is 9.47 Å². The molecule has 88 valence electrons. The monoisotopic (exact) mass is 223 g/mol. The minimum atomic E-state index is 0.0356. The van der Waals surface area contributed by atoms with Gasteiger partial charge >= 0.3 is 0 Å². The van der Waals surface area contributed by atoms with Gasteiger partial charge in [-0.2, -0.15) is 0 Å². The third kappa shape index (κ3) is 3.05. The van der Waals surface area contributed by atoms with Crippen molar-refractivity contribution in [1.82, 2.24) is 5.32 Å². The number of benzene rings is 1. The van der Waals surface area contributed by atoms with Crippen molar-refractivity contribution in [2.45, 2.75) is 6.61 Å². The highest BCUT2D eigenvalue weighted by atomic mass is 16.5. The van der Waals surface area contributed by atoms with Crippen LogP contribution in [0, 0.1) is 0 Å². The van der Waals surface area contributed by atoms with Crippen LogP contribution in [0.1, 0.15) is 15.9 Å². The zero-order valence-electron chi connectivity index (χ0n) is 9.87. The Labute approximate surface area is 95.6 Å². The van der Waals surface area contributed by atoms with E-state index in [1.807, 2.05) is 12.1 Å². The van der Waals surface area contributed by atoms with Crippen molar-refractivity contribution in [3.05, 3.63) is 29.3 Å².